The lowest BCUT2D eigenvalue weighted by molar-refractivity contribution is 0.472. The SMILES string of the molecule is NC(Cn1ccn2nccc2c1=O)c1cccc(F)c1F. The number of hydrogen-bond donors (Lipinski definition) is 1. The van der Waals surface area contributed by atoms with Crippen LogP contribution in [0.4, 0.5) is 8.78 Å². The molecule has 5 nitrogen and oxygen atoms in total. The molecule has 3 rings (SSSR count). The number of fused-ring (bicyclic) bond motifs is 1. The second-order valence-electron chi connectivity index (χ2n) is 4.67. The van der Waals surface area contributed by atoms with E-state index in [1.165, 1.54) is 33.6 Å². The lowest BCUT2D eigenvalue weighted by atomic mass is 10.1. The molecule has 108 valence electrons. The number of aromatic nitrogens is 3. The summed E-state index contributed by atoms with van der Waals surface area (Å²) in [5, 5.41) is 3.95. The Kier molecular flexibility index (Phi) is 3.26. The zero-order valence-electron chi connectivity index (χ0n) is 10.9. The number of nitrogens with zero attached hydrogens (tertiary/aromatic N) is 3. The van der Waals surface area contributed by atoms with Gasteiger partial charge in [-0.1, -0.05) is 12.1 Å². The maximum Gasteiger partial charge on any atom is 0.276 e. The van der Waals surface area contributed by atoms with E-state index < -0.39 is 17.7 Å². The van der Waals surface area contributed by atoms with Crippen molar-refractivity contribution in [1.82, 2.24) is 14.2 Å². The number of hydrogen-bond acceptors (Lipinski definition) is 3. The minimum Gasteiger partial charge on any atom is -0.322 e. The second-order valence-corrected chi connectivity index (χ2v) is 4.67. The van der Waals surface area contributed by atoms with Crippen LogP contribution in [0, 0.1) is 11.6 Å². The Labute approximate surface area is 118 Å². The topological polar surface area (TPSA) is 65.3 Å². The predicted molar refractivity (Wildman–Crippen MR) is 72.7 cm³/mol. The summed E-state index contributed by atoms with van der Waals surface area (Å²) in [5.41, 5.74) is 6.04. The average Bonchev–Trinajstić information content (AvgIpc) is 2.94. The van der Waals surface area contributed by atoms with Gasteiger partial charge in [-0.25, -0.2) is 13.3 Å². The van der Waals surface area contributed by atoms with Crippen LogP contribution in [0.2, 0.25) is 0 Å². The Morgan fingerprint density at radius 1 is 1.24 bits per heavy atom. The van der Waals surface area contributed by atoms with E-state index in [0.717, 1.165) is 6.07 Å². The number of rotatable bonds is 3. The Morgan fingerprint density at radius 2 is 2.05 bits per heavy atom. The first kappa shape index (κ1) is 13.4. The normalized spacial score (nSPS) is 12.7. The summed E-state index contributed by atoms with van der Waals surface area (Å²) < 4.78 is 29.7. The second kappa shape index (κ2) is 5.10. The van der Waals surface area contributed by atoms with Gasteiger partial charge < -0.3 is 10.3 Å². The molecule has 0 saturated carbocycles. The first-order valence-corrected chi connectivity index (χ1v) is 6.30. The summed E-state index contributed by atoms with van der Waals surface area (Å²) in [7, 11) is 0. The molecule has 3 aromatic rings. The highest BCUT2D eigenvalue weighted by atomic mass is 19.2. The van der Waals surface area contributed by atoms with E-state index in [1.54, 1.807) is 12.3 Å². The van der Waals surface area contributed by atoms with E-state index in [4.69, 9.17) is 5.73 Å². The van der Waals surface area contributed by atoms with Crippen molar-refractivity contribution in [2.75, 3.05) is 0 Å². The van der Waals surface area contributed by atoms with Crippen LogP contribution in [0.15, 0.2) is 47.7 Å². The molecular weight excluding hydrogens is 278 g/mol. The van der Waals surface area contributed by atoms with Gasteiger partial charge in [0.25, 0.3) is 5.56 Å². The molecule has 1 aromatic carbocycles. The Hall–Kier alpha value is -2.54. The largest absolute Gasteiger partial charge is 0.322 e. The van der Waals surface area contributed by atoms with Gasteiger partial charge in [0.05, 0.1) is 12.2 Å². The van der Waals surface area contributed by atoms with Crippen molar-refractivity contribution in [3.05, 3.63) is 70.4 Å². The Balaban J connectivity index is 1.96. The van der Waals surface area contributed by atoms with Gasteiger partial charge in [0.1, 0.15) is 5.52 Å². The summed E-state index contributed by atoms with van der Waals surface area (Å²) in [5.74, 6) is -1.94. The summed E-state index contributed by atoms with van der Waals surface area (Å²) in [6, 6.07) is 4.56. The van der Waals surface area contributed by atoms with Gasteiger partial charge in [-0.05, 0) is 12.1 Å². The minimum absolute atomic E-state index is 0.0373. The van der Waals surface area contributed by atoms with Gasteiger partial charge in [0.2, 0.25) is 0 Å². The first-order chi connectivity index (χ1) is 10.1. The van der Waals surface area contributed by atoms with Gasteiger partial charge in [-0.3, -0.25) is 4.79 Å². The van der Waals surface area contributed by atoms with Gasteiger partial charge in [-0.2, -0.15) is 5.10 Å². The van der Waals surface area contributed by atoms with Crippen LogP contribution in [0.3, 0.4) is 0 Å². The van der Waals surface area contributed by atoms with Gasteiger partial charge in [0.15, 0.2) is 11.6 Å². The molecule has 0 fully saturated rings. The predicted octanol–water partition coefficient (Wildman–Crippen LogP) is 1.47. The molecule has 0 bridgehead atoms. The van der Waals surface area contributed by atoms with Crippen molar-refractivity contribution in [2.45, 2.75) is 12.6 Å². The van der Waals surface area contributed by atoms with E-state index in [-0.39, 0.29) is 17.7 Å². The standard InChI is InChI=1S/C14H12F2N4O/c15-10-3-1-2-9(13(10)16)11(17)8-19-6-7-20-12(14(19)21)4-5-18-20/h1-7,11H,8,17H2. The summed E-state index contributed by atoms with van der Waals surface area (Å²) in [4.78, 5) is 12.2. The van der Waals surface area contributed by atoms with Crippen molar-refractivity contribution in [2.24, 2.45) is 5.73 Å². The molecule has 2 aromatic heterocycles. The maximum absolute atomic E-state index is 13.7. The molecule has 0 aliphatic rings. The third-order valence-corrected chi connectivity index (χ3v) is 3.31. The van der Waals surface area contributed by atoms with Crippen LogP contribution in [-0.2, 0) is 6.54 Å². The van der Waals surface area contributed by atoms with Crippen LogP contribution in [-0.4, -0.2) is 14.2 Å². The van der Waals surface area contributed by atoms with Crippen molar-refractivity contribution in [3.8, 4) is 0 Å². The molecule has 0 saturated heterocycles. The molecule has 7 heteroatoms. The number of halogens is 2. The smallest absolute Gasteiger partial charge is 0.276 e. The van der Waals surface area contributed by atoms with Crippen LogP contribution in [0.25, 0.3) is 5.52 Å². The molecule has 2 N–H and O–H groups in total. The third-order valence-electron chi connectivity index (χ3n) is 3.31. The van der Waals surface area contributed by atoms with Crippen LogP contribution >= 0.6 is 0 Å². The Morgan fingerprint density at radius 3 is 2.86 bits per heavy atom. The van der Waals surface area contributed by atoms with Crippen molar-refractivity contribution in [1.29, 1.82) is 0 Å². The average molecular weight is 290 g/mol. The molecule has 0 amide bonds. The lowest BCUT2D eigenvalue weighted by Gasteiger charge is -2.15. The van der Waals surface area contributed by atoms with Crippen molar-refractivity contribution < 1.29 is 8.78 Å². The zero-order chi connectivity index (χ0) is 15.0. The molecule has 21 heavy (non-hydrogen) atoms. The Bertz CT molecular complexity index is 856. The summed E-state index contributed by atoms with van der Waals surface area (Å²) in [6.07, 6.45) is 4.62. The quantitative estimate of drug-likeness (QED) is 0.794. The van der Waals surface area contributed by atoms with Crippen LogP contribution in [0.5, 0.6) is 0 Å². The van der Waals surface area contributed by atoms with E-state index in [9.17, 15) is 13.6 Å². The van der Waals surface area contributed by atoms with Crippen molar-refractivity contribution >= 4 is 5.52 Å². The minimum atomic E-state index is -0.983. The van der Waals surface area contributed by atoms with E-state index in [2.05, 4.69) is 5.10 Å². The molecule has 2 heterocycles. The highest BCUT2D eigenvalue weighted by Crippen LogP contribution is 2.18. The molecule has 0 aliphatic heterocycles. The fourth-order valence-corrected chi connectivity index (χ4v) is 2.22. The number of nitrogens with two attached hydrogens (primary N) is 1. The molecule has 1 unspecified atom stereocenters. The van der Waals surface area contributed by atoms with E-state index in [1.807, 2.05) is 0 Å². The molecule has 1 atom stereocenters. The van der Waals surface area contributed by atoms with Crippen LogP contribution < -0.4 is 11.3 Å². The highest BCUT2D eigenvalue weighted by molar-refractivity contribution is 5.42. The zero-order valence-corrected chi connectivity index (χ0v) is 10.9. The first-order valence-electron chi connectivity index (χ1n) is 6.30. The van der Waals surface area contributed by atoms with E-state index >= 15 is 0 Å². The third kappa shape index (κ3) is 2.31. The molecule has 0 aliphatic carbocycles. The fraction of sp³-hybridized carbons (Fsp3) is 0.143. The molecular formula is C14H12F2N4O. The maximum atomic E-state index is 13.7. The van der Waals surface area contributed by atoms with Gasteiger partial charge in [-0.15, -0.1) is 0 Å². The van der Waals surface area contributed by atoms with Crippen LogP contribution in [0.1, 0.15) is 11.6 Å². The van der Waals surface area contributed by atoms with Crippen molar-refractivity contribution in [3.63, 3.8) is 0 Å². The van der Waals surface area contributed by atoms with E-state index in [0.29, 0.717) is 5.52 Å². The summed E-state index contributed by atoms with van der Waals surface area (Å²) in [6.45, 7) is 0.0425. The molecule has 0 radical (unpaired) electrons. The molecule has 0 spiro atoms. The summed E-state index contributed by atoms with van der Waals surface area (Å²) >= 11 is 0. The van der Waals surface area contributed by atoms with Gasteiger partial charge >= 0.3 is 0 Å². The number of benzene rings is 1. The lowest BCUT2D eigenvalue weighted by Crippen LogP contribution is -2.28. The highest BCUT2D eigenvalue weighted by Gasteiger charge is 2.16. The van der Waals surface area contributed by atoms with Gasteiger partial charge in [0, 0.05) is 24.5 Å². The fourth-order valence-electron chi connectivity index (χ4n) is 2.22. The monoisotopic (exact) mass is 290 g/mol.